The molecule has 7 heteroatoms. The summed E-state index contributed by atoms with van der Waals surface area (Å²) in [6.45, 7) is 1.02. The number of aromatic nitrogens is 1. The Kier molecular flexibility index (Phi) is 4.08. The number of hydrogen-bond donors (Lipinski definition) is 2. The van der Waals surface area contributed by atoms with Crippen LogP contribution in [-0.4, -0.2) is 46.2 Å². The van der Waals surface area contributed by atoms with Crippen LogP contribution >= 0.6 is 0 Å². The first-order chi connectivity index (χ1) is 14.4. The van der Waals surface area contributed by atoms with E-state index in [1.807, 2.05) is 31.1 Å². The number of phenols is 1. The number of hydrogen-bond acceptors (Lipinski definition) is 6. The van der Waals surface area contributed by atoms with Crippen molar-refractivity contribution in [3.8, 4) is 11.6 Å². The summed E-state index contributed by atoms with van der Waals surface area (Å²) < 4.78 is 1.42. The zero-order valence-electron chi connectivity index (χ0n) is 16.6. The third-order valence-corrected chi connectivity index (χ3v) is 5.43. The molecule has 1 aliphatic heterocycles. The number of aromatic hydroxyl groups is 2. The van der Waals surface area contributed by atoms with Gasteiger partial charge in [-0.25, -0.2) is 9.98 Å². The minimum Gasteiger partial charge on any atom is -0.508 e. The highest BCUT2D eigenvalue weighted by atomic mass is 16.3. The van der Waals surface area contributed by atoms with Gasteiger partial charge in [0.25, 0.3) is 5.56 Å². The summed E-state index contributed by atoms with van der Waals surface area (Å²) in [7, 11) is 3.85. The van der Waals surface area contributed by atoms with Crippen molar-refractivity contribution in [2.45, 2.75) is 6.54 Å². The fourth-order valence-electron chi connectivity index (χ4n) is 3.89. The van der Waals surface area contributed by atoms with Crippen molar-refractivity contribution < 1.29 is 10.2 Å². The number of pyridine rings is 1. The van der Waals surface area contributed by atoms with Crippen molar-refractivity contribution in [2.24, 2.45) is 9.98 Å². The highest BCUT2D eigenvalue weighted by Crippen LogP contribution is 2.33. The highest BCUT2D eigenvalue weighted by Gasteiger charge is 2.20. The molecule has 2 heterocycles. The Hall–Kier alpha value is -3.71. The molecule has 0 spiro atoms. The number of rotatable bonds is 4. The SMILES string of the molecule is CN(C)CCn1c(O)c2cc3c(c4cccc(c1=O)c24)=NC(c1ccc(O)cc1)=N3. The Bertz CT molecular complexity index is 1450. The van der Waals surface area contributed by atoms with E-state index in [1.165, 1.54) is 4.57 Å². The maximum Gasteiger partial charge on any atom is 0.261 e. The Morgan fingerprint density at radius 3 is 2.43 bits per heavy atom. The number of likely N-dealkylation sites (N-methyl/N-ethyl adjacent to an activating group) is 1. The molecule has 1 aromatic heterocycles. The van der Waals surface area contributed by atoms with Crippen LogP contribution in [0.1, 0.15) is 5.56 Å². The molecule has 150 valence electrons. The average Bonchev–Trinajstić information content (AvgIpc) is 3.16. The van der Waals surface area contributed by atoms with Crippen molar-refractivity contribution in [1.82, 2.24) is 9.47 Å². The summed E-state index contributed by atoms with van der Waals surface area (Å²) in [5.41, 5.74) is 1.21. The zero-order valence-corrected chi connectivity index (χ0v) is 16.6. The second-order valence-corrected chi connectivity index (χ2v) is 7.70. The summed E-state index contributed by atoms with van der Waals surface area (Å²) in [6.07, 6.45) is 0. The van der Waals surface area contributed by atoms with E-state index in [4.69, 9.17) is 4.99 Å². The monoisotopic (exact) mass is 400 g/mol. The third kappa shape index (κ3) is 2.74. The van der Waals surface area contributed by atoms with Crippen LogP contribution in [0.15, 0.2) is 63.3 Å². The second-order valence-electron chi connectivity index (χ2n) is 7.70. The van der Waals surface area contributed by atoms with Gasteiger partial charge in [0.15, 0.2) is 5.84 Å². The number of nitrogens with zero attached hydrogens (tertiary/aromatic N) is 4. The van der Waals surface area contributed by atoms with Gasteiger partial charge >= 0.3 is 0 Å². The van der Waals surface area contributed by atoms with Gasteiger partial charge < -0.3 is 15.1 Å². The molecular formula is C23H20N4O3. The molecule has 7 nitrogen and oxygen atoms in total. The number of amidine groups is 1. The van der Waals surface area contributed by atoms with Gasteiger partial charge in [0.1, 0.15) is 5.75 Å². The smallest absolute Gasteiger partial charge is 0.261 e. The van der Waals surface area contributed by atoms with Gasteiger partial charge in [-0.1, -0.05) is 12.1 Å². The van der Waals surface area contributed by atoms with Crippen LogP contribution in [0.5, 0.6) is 11.6 Å². The lowest BCUT2D eigenvalue weighted by molar-refractivity contribution is 0.353. The van der Waals surface area contributed by atoms with Gasteiger partial charge in [0.2, 0.25) is 5.88 Å². The van der Waals surface area contributed by atoms with E-state index in [1.54, 1.807) is 36.4 Å². The highest BCUT2D eigenvalue weighted by molar-refractivity contribution is 6.14. The van der Waals surface area contributed by atoms with E-state index in [9.17, 15) is 15.0 Å². The van der Waals surface area contributed by atoms with Gasteiger partial charge in [0, 0.05) is 40.2 Å². The van der Waals surface area contributed by atoms with Crippen molar-refractivity contribution in [1.29, 1.82) is 0 Å². The molecule has 1 aliphatic rings. The van der Waals surface area contributed by atoms with E-state index < -0.39 is 0 Å². The molecule has 0 amide bonds. The Morgan fingerprint density at radius 2 is 1.70 bits per heavy atom. The van der Waals surface area contributed by atoms with Crippen LogP contribution in [0.3, 0.4) is 0 Å². The molecule has 0 unspecified atom stereocenters. The normalized spacial score (nSPS) is 13.1. The van der Waals surface area contributed by atoms with Crippen molar-refractivity contribution >= 4 is 33.1 Å². The first-order valence-electron chi connectivity index (χ1n) is 9.66. The van der Waals surface area contributed by atoms with Crippen molar-refractivity contribution in [3.05, 3.63) is 69.8 Å². The van der Waals surface area contributed by atoms with Crippen LogP contribution in [-0.2, 0) is 6.54 Å². The first kappa shape index (κ1) is 18.3. The topological polar surface area (TPSA) is 90.4 Å². The minimum atomic E-state index is -0.218. The molecule has 0 saturated heterocycles. The van der Waals surface area contributed by atoms with Crippen LogP contribution in [0.4, 0.5) is 5.69 Å². The van der Waals surface area contributed by atoms with Gasteiger partial charge in [-0.3, -0.25) is 9.36 Å². The summed E-state index contributed by atoms with van der Waals surface area (Å²) in [4.78, 5) is 24.4. The van der Waals surface area contributed by atoms with Crippen LogP contribution in [0.2, 0.25) is 0 Å². The van der Waals surface area contributed by atoms with E-state index in [2.05, 4.69) is 4.99 Å². The number of phenolic OH excluding ortho intramolecular Hbond substituents is 1. The second kappa shape index (κ2) is 6.67. The van der Waals surface area contributed by atoms with Crippen LogP contribution in [0.25, 0.3) is 21.5 Å². The molecular weight excluding hydrogens is 380 g/mol. The maximum absolute atomic E-state index is 13.1. The first-order valence-corrected chi connectivity index (χ1v) is 9.66. The predicted octanol–water partition coefficient (Wildman–Crippen LogP) is 2.56. The summed E-state index contributed by atoms with van der Waals surface area (Å²) in [5, 5.41) is 23.8. The van der Waals surface area contributed by atoms with E-state index in [0.29, 0.717) is 46.1 Å². The molecule has 30 heavy (non-hydrogen) atoms. The van der Waals surface area contributed by atoms with Gasteiger partial charge in [-0.2, -0.15) is 0 Å². The standard InChI is InChI=1S/C23H20N4O3/c1-26(2)10-11-27-22(29)16-5-3-4-15-19(16)17(23(27)30)12-18-20(15)25-21(24-18)13-6-8-14(28)9-7-13/h3-9,12,28,30H,10-11H2,1-2H3. The minimum absolute atomic E-state index is 0.0540. The fraction of sp³-hybridized carbons (Fsp3) is 0.174. The Labute approximate surface area is 171 Å². The molecule has 0 aliphatic carbocycles. The summed E-state index contributed by atoms with van der Waals surface area (Å²) in [5.74, 6) is 0.652. The summed E-state index contributed by atoms with van der Waals surface area (Å²) in [6, 6.07) is 14.0. The quantitative estimate of drug-likeness (QED) is 0.551. The van der Waals surface area contributed by atoms with E-state index in [0.717, 1.165) is 10.9 Å². The average molecular weight is 400 g/mol. The molecule has 3 aromatic carbocycles. The van der Waals surface area contributed by atoms with Gasteiger partial charge in [-0.15, -0.1) is 0 Å². The third-order valence-electron chi connectivity index (χ3n) is 5.43. The zero-order chi connectivity index (χ0) is 21.0. The molecule has 0 radical (unpaired) electrons. The van der Waals surface area contributed by atoms with Crippen LogP contribution < -0.4 is 10.9 Å². The Morgan fingerprint density at radius 1 is 0.967 bits per heavy atom. The predicted molar refractivity (Wildman–Crippen MR) is 117 cm³/mol. The molecule has 0 bridgehead atoms. The van der Waals surface area contributed by atoms with E-state index >= 15 is 0 Å². The van der Waals surface area contributed by atoms with Gasteiger partial charge in [-0.05, 0) is 50.5 Å². The molecule has 2 N–H and O–H groups in total. The summed E-state index contributed by atoms with van der Waals surface area (Å²) >= 11 is 0. The maximum atomic E-state index is 13.1. The fourth-order valence-corrected chi connectivity index (χ4v) is 3.89. The molecule has 0 saturated carbocycles. The van der Waals surface area contributed by atoms with E-state index in [-0.39, 0.29) is 17.2 Å². The van der Waals surface area contributed by atoms with Crippen molar-refractivity contribution in [2.75, 3.05) is 20.6 Å². The number of aliphatic imine (C=N–C) groups is 1. The lowest BCUT2D eigenvalue weighted by Crippen LogP contribution is -2.27. The lowest BCUT2D eigenvalue weighted by atomic mass is 10.0. The number of fused-ring (bicyclic) bond motifs is 2. The number of benzene rings is 3. The Balaban J connectivity index is 1.78. The molecule has 0 fully saturated rings. The molecule has 0 atom stereocenters. The largest absolute Gasteiger partial charge is 0.508 e. The van der Waals surface area contributed by atoms with Crippen LogP contribution in [0, 0.1) is 0 Å². The molecule has 5 rings (SSSR count). The van der Waals surface area contributed by atoms with Crippen molar-refractivity contribution in [3.63, 3.8) is 0 Å². The molecule has 4 aromatic rings. The lowest BCUT2D eigenvalue weighted by Gasteiger charge is -2.16. The van der Waals surface area contributed by atoms with Gasteiger partial charge in [0.05, 0.1) is 11.0 Å².